The molecule has 0 saturated carbocycles. The van der Waals surface area contributed by atoms with Gasteiger partial charge in [-0.05, 0) is 60.7 Å². The number of aromatic nitrogens is 1. The number of halogens is 1. The summed E-state index contributed by atoms with van der Waals surface area (Å²) in [5.41, 5.74) is 2.42. The number of thioether (sulfide) groups is 1. The van der Waals surface area contributed by atoms with Gasteiger partial charge in [-0.3, -0.25) is 9.59 Å². The molecule has 1 aliphatic rings. The van der Waals surface area contributed by atoms with Crippen molar-refractivity contribution in [3.8, 4) is 28.8 Å². The Labute approximate surface area is 217 Å². The first-order chi connectivity index (χ1) is 17.5. The lowest BCUT2D eigenvalue weighted by atomic mass is 10.1. The van der Waals surface area contributed by atoms with E-state index >= 15 is 0 Å². The van der Waals surface area contributed by atoms with Crippen LogP contribution in [0.4, 0.5) is 5.69 Å². The summed E-state index contributed by atoms with van der Waals surface area (Å²) in [6.07, 6.45) is 0.0225. The second-order valence-corrected chi connectivity index (χ2v) is 9.58. The lowest BCUT2D eigenvalue weighted by Crippen LogP contribution is -2.31. The summed E-state index contributed by atoms with van der Waals surface area (Å²) in [6, 6.07) is 28.9. The molecule has 3 aromatic carbocycles. The third kappa shape index (κ3) is 4.96. The highest BCUT2D eigenvalue weighted by molar-refractivity contribution is 8.00. The van der Waals surface area contributed by atoms with Crippen LogP contribution in [0, 0.1) is 11.3 Å². The molecule has 6 nitrogen and oxygen atoms in total. The van der Waals surface area contributed by atoms with Gasteiger partial charge in [0, 0.05) is 17.0 Å². The van der Waals surface area contributed by atoms with Crippen molar-refractivity contribution in [2.45, 2.75) is 16.7 Å². The van der Waals surface area contributed by atoms with E-state index in [9.17, 15) is 14.9 Å². The Hall–Kier alpha value is -4.12. The fourth-order valence-corrected chi connectivity index (χ4v) is 5.01. The maximum Gasteiger partial charge on any atom is 0.247 e. The van der Waals surface area contributed by atoms with E-state index in [-0.39, 0.29) is 18.2 Å². The van der Waals surface area contributed by atoms with Gasteiger partial charge in [-0.2, -0.15) is 5.26 Å². The molecule has 1 fully saturated rings. The van der Waals surface area contributed by atoms with E-state index in [1.807, 2.05) is 30.3 Å². The number of hydrogen-bond acceptors (Lipinski definition) is 6. The van der Waals surface area contributed by atoms with E-state index in [0.717, 1.165) is 17.3 Å². The molecule has 0 radical (unpaired) electrons. The van der Waals surface area contributed by atoms with Gasteiger partial charge in [0.1, 0.15) is 22.6 Å². The van der Waals surface area contributed by atoms with Crippen molar-refractivity contribution >= 4 is 40.9 Å². The predicted molar refractivity (Wildman–Crippen MR) is 139 cm³/mol. The molecule has 1 aromatic heterocycles. The SMILES string of the molecule is N#Cc1ccc(-c2ccccc2)nc1SC1CC(=O)N(c2ccc(Oc3ccc(Cl)cc3)cc2)C1=O. The third-order valence-electron chi connectivity index (χ3n) is 5.55. The summed E-state index contributed by atoms with van der Waals surface area (Å²) in [4.78, 5) is 31.8. The number of rotatable bonds is 6. The van der Waals surface area contributed by atoms with E-state index in [0.29, 0.717) is 38.5 Å². The number of amides is 2. The number of ether oxygens (including phenoxy) is 1. The first kappa shape index (κ1) is 23.6. The maximum atomic E-state index is 13.2. The number of hydrogen-bond donors (Lipinski definition) is 0. The number of nitrogens with zero attached hydrogens (tertiary/aromatic N) is 3. The van der Waals surface area contributed by atoms with Crippen LogP contribution in [0.5, 0.6) is 11.5 Å². The zero-order valence-electron chi connectivity index (χ0n) is 18.8. The normalized spacial score (nSPS) is 15.1. The highest BCUT2D eigenvalue weighted by Gasteiger charge is 2.40. The molecular formula is C28H18ClN3O3S. The number of benzene rings is 3. The van der Waals surface area contributed by atoms with Crippen molar-refractivity contribution in [2.24, 2.45) is 0 Å². The van der Waals surface area contributed by atoms with Gasteiger partial charge in [-0.25, -0.2) is 9.88 Å². The van der Waals surface area contributed by atoms with Gasteiger partial charge in [-0.15, -0.1) is 0 Å². The Balaban J connectivity index is 1.33. The molecule has 1 aliphatic heterocycles. The van der Waals surface area contributed by atoms with E-state index in [4.69, 9.17) is 16.3 Å². The molecule has 0 bridgehead atoms. The van der Waals surface area contributed by atoms with Gasteiger partial charge in [0.25, 0.3) is 0 Å². The van der Waals surface area contributed by atoms with Crippen molar-refractivity contribution in [2.75, 3.05) is 4.90 Å². The first-order valence-electron chi connectivity index (χ1n) is 11.1. The van der Waals surface area contributed by atoms with E-state index in [2.05, 4.69) is 11.1 Å². The van der Waals surface area contributed by atoms with Crippen LogP contribution < -0.4 is 9.64 Å². The zero-order valence-corrected chi connectivity index (χ0v) is 20.4. The first-order valence-corrected chi connectivity index (χ1v) is 12.3. The van der Waals surface area contributed by atoms with Gasteiger partial charge in [0.2, 0.25) is 11.8 Å². The van der Waals surface area contributed by atoms with Crippen LogP contribution in [-0.2, 0) is 9.59 Å². The van der Waals surface area contributed by atoms with Gasteiger partial charge in [0.05, 0.1) is 22.2 Å². The highest BCUT2D eigenvalue weighted by atomic mass is 35.5. The second kappa shape index (κ2) is 10.2. The van der Waals surface area contributed by atoms with Crippen LogP contribution in [0.2, 0.25) is 5.02 Å². The lowest BCUT2D eigenvalue weighted by molar-refractivity contribution is -0.121. The van der Waals surface area contributed by atoms with Gasteiger partial charge in [-0.1, -0.05) is 53.7 Å². The number of carbonyl (C=O) groups is 2. The van der Waals surface area contributed by atoms with Crippen molar-refractivity contribution in [3.63, 3.8) is 0 Å². The number of anilines is 1. The van der Waals surface area contributed by atoms with Crippen LogP contribution in [0.3, 0.4) is 0 Å². The average molecular weight is 512 g/mol. The lowest BCUT2D eigenvalue weighted by Gasteiger charge is -2.16. The van der Waals surface area contributed by atoms with Crippen molar-refractivity contribution in [3.05, 3.63) is 102 Å². The molecule has 1 saturated heterocycles. The minimum absolute atomic E-state index is 0.0225. The van der Waals surface area contributed by atoms with Gasteiger partial charge < -0.3 is 4.74 Å². The van der Waals surface area contributed by atoms with Crippen molar-refractivity contribution in [1.29, 1.82) is 5.26 Å². The fourth-order valence-electron chi connectivity index (χ4n) is 3.79. The van der Waals surface area contributed by atoms with E-state index in [1.54, 1.807) is 60.7 Å². The summed E-state index contributed by atoms with van der Waals surface area (Å²) in [5.74, 6) is 0.538. The Bertz CT molecular complexity index is 1470. The molecule has 1 unspecified atom stereocenters. The predicted octanol–water partition coefficient (Wildman–Crippen LogP) is 6.49. The molecule has 176 valence electrons. The number of imide groups is 1. The minimum Gasteiger partial charge on any atom is -0.457 e. The number of carbonyl (C=O) groups excluding carboxylic acids is 2. The molecular weight excluding hydrogens is 494 g/mol. The summed E-state index contributed by atoms with van der Waals surface area (Å²) >= 11 is 7.05. The van der Waals surface area contributed by atoms with E-state index < -0.39 is 5.25 Å². The topological polar surface area (TPSA) is 83.3 Å². The fraction of sp³-hybridized carbons (Fsp3) is 0.0714. The van der Waals surface area contributed by atoms with Crippen LogP contribution in [0.1, 0.15) is 12.0 Å². The Morgan fingerprint density at radius 3 is 2.25 bits per heavy atom. The quantitative estimate of drug-likeness (QED) is 0.275. The minimum atomic E-state index is -0.673. The van der Waals surface area contributed by atoms with Gasteiger partial charge >= 0.3 is 0 Å². The summed E-state index contributed by atoms with van der Waals surface area (Å²) < 4.78 is 5.79. The summed E-state index contributed by atoms with van der Waals surface area (Å²) in [7, 11) is 0. The Morgan fingerprint density at radius 1 is 0.917 bits per heavy atom. The molecule has 0 N–H and O–H groups in total. The third-order valence-corrected chi connectivity index (χ3v) is 6.99. The largest absolute Gasteiger partial charge is 0.457 e. The van der Waals surface area contributed by atoms with Crippen LogP contribution in [0.25, 0.3) is 11.3 Å². The second-order valence-electron chi connectivity index (χ2n) is 7.95. The smallest absolute Gasteiger partial charge is 0.247 e. The summed E-state index contributed by atoms with van der Waals surface area (Å²) in [6.45, 7) is 0. The van der Waals surface area contributed by atoms with Crippen molar-refractivity contribution in [1.82, 2.24) is 4.98 Å². The monoisotopic (exact) mass is 511 g/mol. The highest BCUT2D eigenvalue weighted by Crippen LogP contribution is 2.36. The van der Waals surface area contributed by atoms with Crippen molar-refractivity contribution < 1.29 is 14.3 Å². The molecule has 1 atom stereocenters. The zero-order chi connectivity index (χ0) is 25.1. The molecule has 36 heavy (non-hydrogen) atoms. The van der Waals surface area contributed by atoms with Crippen LogP contribution in [0.15, 0.2) is 96.0 Å². The average Bonchev–Trinajstić information content (AvgIpc) is 3.18. The Morgan fingerprint density at radius 2 is 1.58 bits per heavy atom. The maximum absolute atomic E-state index is 13.2. The summed E-state index contributed by atoms with van der Waals surface area (Å²) in [5, 5.41) is 9.93. The molecule has 4 aromatic rings. The van der Waals surface area contributed by atoms with Gasteiger partial charge in [0.15, 0.2) is 0 Å². The molecule has 0 aliphatic carbocycles. The molecule has 5 rings (SSSR count). The molecule has 2 amide bonds. The molecule has 8 heteroatoms. The number of pyridine rings is 1. The standard InChI is InChI=1S/C28H18ClN3O3S/c29-20-7-11-22(12-8-20)35-23-13-9-21(10-14-23)32-26(33)16-25(28(32)34)36-27-19(17-30)6-15-24(31-27)18-4-2-1-3-5-18/h1-15,25H,16H2. The van der Waals surface area contributed by atoms with Crippen LogP contribution in [-0.4, -0.2) is 22.0 Å². The van der Waals surface area contributed by atoms with E-state index in [1.165, 1.54) is 4.90 Å². The number of nitriles is 1. The Kier molecular flexibility index (Phi) is 6.72. The molecule has 0 spiro atoms. The van der Waals surface area contributed by atoms with Crippen LogP contribution >= 0.6 is 23.4 Å². The molecule has 2 heterocycles.